The second-order valence-corrected chi connectivity index (χ2v) is 5.53. The van der Waals surface area contributed by atoms with Crippen molar-refractivity contribution in [2.24, 2.45) is 11.7 Å². The molecule has 2 unspecified atom stereocenters. The van der Waals surface area contributed by atoms with Crippen LogP contribution in [0.4, 0.5) is 4.39 Å². The van der Waals surface area contributed by atoms with Gasteiger partial charge in [0.05, 0.1) is 17.3 Å². The normalized spacial score (nSPS) is 27.0. The summed E-state index contributed by atoms with van der Waals surface area (Å²) in [5, 5.41) is 2.99. The molecule has 1 aromatic heterocycles. The number of rotatable bonds is 3. The van der Waals surface area contributed by atoms with Gasteiger partial charge in [0.1, 0.15) is 5.82 Å². The molecule has 1 amide bonds. The van der Waals surface area contributed by atoms with Crippen LogP contribution in [-0.2, 0) is 0 Å². The molecule has 2 atom stereocenters. The highest BCUT2D eigenvalue weighted by Gasteiger charge is 2.35. The summed E-state index contributed by atoms with van der Waals surface area (Å²) in [5.41, 5.74) is 5.73. The van der Waals surface area contributed by atoms with Crippen LogP contribution in [0.3, 0.4) is 0 Å². The predicted octanol–water partition coefficient (Wildman–Crippen LogP) is 1.86. The van der Waals surface area contributed by atoms with Gasteiger partial charge in [-0.15, -0.1) is 0 Å². The fourth-order valence-electron chi connectivity index (χ4n) is 2.86. The molecule has 0 saturated heterocycles. The molecule has 0 radical (unpaired) electrons. The lowest BCUT2D eigenvalue weighted by Gasteiger charge is -2.40. The highest BCUT2D eigenvalue weighted by atomic mass is 19.1. The number of aromatic nitrogens is 1. The summed E-state index contributed by atoms with van der Waals surface area (Å²) >= 11 is 0. The zero-order valence-corrected chi connectivity index (χ0v) is 11.2. The molecule has 1 aliphatic carbocycles. The van der Waals surface area contributed by atoms with Gasteiger partial charge in [-0.05, 0) is 24.8 Å². The molecule has 4 nitrogen and oxygen atoms in total. The van der Waals surface area contributed by atoms with Crippen molar-refractivity contribution >= 4 is 5.91 Å². The summed E-state index contributed by atoms with van der Waals surface area (Å²) in [6, 6.07) is 1.19. The van der Waals surface area contributed by atoms with Crippen molar-refractivity contribution in [3.05, 3.63) is 29.8 Å². The average molecular weight is 265 g/mol. The largest absolute Gasteiger partial charge is 0.345 e. The number of carbonyl (C=O) groups excluding carboxylic acids is 1. The molecule has 0 aromatic carbocycles. The van der Waals surface area contributed by atoms with Gasteiger partial charge in [0, 0.05) is 12.7 Å². The van der Waals surface area contributed by atoms with Crippen LogP contribution >= 0.6 is 0 Å². The Kier molecular flexibility index (Phi) is 4.14. The van der Waals surface area contributed by atoms with E-state index < -0.39 is 5.82 Å². The molecule has 104 valence electrons. The zero-order chi connectivity index (χ0) is 13.9. The third-order valence-corrected chi connectivity index (χ3v) is 3.83. The maximum atomic E-state index is 13.1. The van der Waals surface area contributed by atoms with Gasteiger partial charge < -0.3 is 11.1 Å². The predicted molar refractivity (Wildman–Crippen MR) is 71.1 cm³/mol. The fourth-order valence-corrected chi connectivity index (χ4v) is 2.86. The highest BCUT2D eigenvalue weighted by Crippen LogP contribution is 2.31. The molecule has 5 heteroatoms. The van der Waals surface area contributed by atoms with Crippen molar-refractivity contribution in [3.63, 3.8) is 0 Å². The molecule has 19 heavy (non-hydrogen) atoms. The zero-order valence-electron chi connectivity index (χ0n) is 11.2. The van der Waals surface area contributed by atoms with Gasteiger partial charge in [-0.2, -0.15) is 0 Å². The second kappa shape index (κ2) is 5.65. The Morgan fingerprint density at radius 3 is 3.05 bits per heavy atom. The number of halogens is 1. The number of amides is 1. The van der Waals surface area contributed by atoms with Gasteiger partial charge in [0.15, 0.2) is 0 Å². The summed E-state index contributed by atoms with van der Waals surface area (Å²) in [5.74, 6) is -0.263. The van der Waals surface area contributed by atoms with E-state index >= 15 is 0 Å². The first kappa shape index (κ1) is 13.9. The smallest absolute Gasteiger partial charge is 0.253 e. The molecule has 1 fully saturated rings. The first-order valence-electron chi connectivity index (χ1n) is 6.68. The van der Waals surface area contributed by atoms with Crippen LogP contribution in [0.15, 0.2) is 18.5 Å². The molecule has 0 spiro atoms. The quantitative estimate of drug-likeness (QED) is 0.876. The number of carbonyl (C=O) groups is 1. The van der Waals surface area contributed by atoms with E-state index in [0.717, 1.165) is 25.5 Å². The highest BCUT2D eigenvalue weighted by molar-refractivity contribution is 5.94. The van der Waals surface area contributed by atoms with Gasteiger partial charge in [-0.1, -0.05) is 19.8 Å². The van der Waals surface area contributed by atoms with Crippen LogP contribution in [-0.4, -0.2) is 23.0 Å². The molecule has 1 saturated carbocycles. The first-order valence-corrected chi connectivity index (χ1v) is 6.68. The Bertz CT molecular complexity index is 466. The van der Waals surface area contributed by atoms with Crippen LogP contribution < -0.4 is 11.1 Å². The number of pyridine rings is 1. The van der Waals surface area contributed by atoms with Crippen LogP contribution in [0.2, 0.25) is 0 Å². The first-order chi connectivity index (χ1) is 9.04. The molecule has 1 heterocycles. The van der Waals surface area contributed by atoms with Gasteiger partial charge in [-0.25, -0.2) is 4.39 Å². The average Bonchev–Trinajstić information content (AvgIpc) is 2.38. The van der Waals surface area contributed by atoms with Gasteiger partial charge in [0.25, 0.3) is 5.91 Å². The van der Waals surface area contributed by atoms with E-state index in [0.29, 0.717) is 12.5 Å². The number of nitrogens with two attached hydrogens (primary N) is 1. The van der Waals surface area contributed by atoms with E-state index in [2.05, 4.69) is 17.2 Å². The van der Waals surface area contributed by atoms with Crippen molar-refractivity contribution in [3.8, 4) is 0 Å². The van der Waals surface area contributed by atoms with Crippen LogP contribution in [0, 0.1) is 11.7 Å². The summed E-state index contributed by atoms with van der Waals surface area (Å²) in [6.07, 6.45) is 6.42. The van der Waals surface area contributed by atoms with Crippen LogP contribution in [0.5, 0.6) is 0 Å². The van der Waals surface area contributed by atoms with E-state index in [9.17, 15) is 9.18 Å². The Morgan fingerprint density at radius 2 is 2.42 bits per heavy atom. The van der Waals surface area contributed by atoms with E-state index in [4.69, 9.17) is 5.73 Å². The molecule has 0 aliphatic heterocycles. The maximum Gasteiger partial charge on any atom is 0.253 e. The second-order valence-electron chi connectivity index (χ2n) is 5.53. The minimum Gasteiger partial charge on any atom is -0.345 e. The van der Waals surface area contributed by atoms with Gasteiger partial charge >= 0.3 is 0 Å². The third kappa shape index (κ3) is 3.29. The summed E-state index contributed by atoms with van der Waals surface area (Å²) in [4.78, 5) is 15.9. The Morgan fingerprint density at radius 1 is 1.63 bits per heavy atom. The molecular formula is C14H20FN3O. The van der Waals surface area contributed by atoms with E-state index in [1.165, 1.54) is 18.7 Å². The Labute approximate surface area is 112 Å². The minimum absolute atomic E-state index is 0.242. The molecular weight excluding hydrogens is 245 g/mol. The SMILES string of the molecule is CC1CCCC(CN)(NC(=O)c2cncc(F)c2)C1. The monoisotopic (exact) mass is 265 g/mol. The van der Waals surface area contributed by atoms with Crippen LogP contribution in [0.1, 0.15) is 43.0 Å². The fraction of sp³-hybridized carbons (Fsp3) is 0.571. The number of hydrogen-bond donors (Lipinski definition) is 2. The van der Waals surface area contributed by atoms with Crippen molar-refractivity contribution in [1.29, 1.82) is 0 Å². The number of nitrogens with one attached hydrogen (secondary N) is 1. The summed E-state index contributed by atoms with van der Waals surface area (Å²) < 4.78 is 13.1. The van der Waals surface area contributed by atoms with E-state index in [1.807, 2.05) is 0 Å². The minimum atomic E-state index is -0.508. The Hall–Kier alpha value is -1.49. The molecule has 0 bridgehead atoms. The lowest BCUT2D eigenvalue weighted by atomic mass is 9.76. The standard InChI is InChI=1S/C14H20FN3O/c1-10-3-2-4-14(6-10,9-16)18-13(19)11-5-12(15)8-17-7-11/h5,7-8,10H,2-4,6,9,16H2,1H3,(H,18,19). The van der Waals surface area contributed by atoms with Crippen molar-refractivity contribution in [2.75, 3.05) is 6.54 Å². The maximum absolute atomic E-state index is 13.1. The molecule has 3 N–H and O–H groups in total. The van der Waals surface area contributed by atoms with Gasteiger partial charge in [-0.3, -0.25) is 9.78 Å². The van der Waals surface area contributed by atoms with E-state index in [1.54, 1.807) is 0 Å². The van der Waals surface area contributed by atoms with Crippen molar-refractivity contribution < 1.29 is 9.18 Å². The molecule has 2 rings (SSSR count). The lowest BCUT2D eigenvalue weighted by Crippen LogP contribution is -2.56. The third-order valence-electron chi connectivity index (χ3n) is 3.83. The Balaban J connectivity index is 2.12. The molecule has 1 aliphatic rings. The number of nitrogens with zero attached hydrogens (tertiary/aromatic N) is 1. The van der Waals surface area contributed by atoms with Crippen molar-refractivity contribution in [1.82, 2.24) is 10.3 Å². The lowest BCUT2D eigenvalue weighted by molar-refractivity contribution is 0.0853. The topological polar surface area (TPSA) is 68.0 Å². The number of hydrogen-bond acceptors (Lipinski definition) is 3. The van der Waals surface area contributed by atoms with E-state index in [-0.39, 0.29) is 17.0 Å². The van der Waals surface area contributed by atoms with Crippen LogP contribution in [0.25, 0.3) is 0 Å². The van der Waals surface area contributed by atoms with Crippen molar-refractivity contribution in [2.45, 2.75) is 38.1 Å². The van der Waals surface area contributed by atoms with Gasteiger partial charge in [0.2, 0.25) is 0 Å². The summed E-state index contributed by atoms with van der Waals surface area (Å²) in [7, 11) is 0. The summed E-state index contributed by atoms with van der Waals surface area (Å²) in [6.45, 7) is 2.57. The molecule has 1 aromatic rings.